The second kappa shape index (κ2) is 6.79. The van der Waals surface area contributed by atoms with Crippen molar-refractivity contribution in [1.29, 1.82) is 0 Å². The fourth-order valence-electron chi connectivity index (χ4n) is 2.75. The molecule has 0 fully saturated rings. The number of halogens is 1. The minimum absolute atomic E-state index is 0.0441. The first-order valence-electron chi connectivity index (χ1n) is 7.97. The average Bonchev–Trinajstić information content (AvgIpc) is 3.28. The lowest BCUT2D eigenvalue weighted by molar-refractivity contribution is 0.236. The predicted molar refractivity (Wildman–Crippen MR) is 97.3 cm³/mol. The van der Waals surface area contributed by atoms with Gasteiger partial charge in [0.2, 0.25) is 0 Å². The van der Waals surface area contributed by atoms with Gasteiger partial charge < -0.3 is 4.74 Å². The summed E-state index contributed by atoms with van der Waals surface area (Å²) in [6.45, 7) is 0.167. The average molecular weight is 390 g/mol. The summed E-state index contributed by atoms with van der Waals surface area (Å²) in [5, 5.41) is 1.96. The third kappa shape index (κ3) is 3.48. The van der Waals surface area contributed by atoms with Crippen molar-refractivity contribution in [2.45, 2.75) is 17.6 Å². The summed E-state index contributed by atoms with van der Waals surface area (Å²) in [6.07, 6.45) is 0.425. The van der Waals surface area contributed by atoms with Crippen LogP contribution in [0.2, 0.25) is 0 Å². The van der Waals surface area contributed by atoms with Crippen molar-refractivity contribution >= 4 is 21.4 Å². The molecule has 0 spiro atoms. The summed E-state index contributed by atoms with van der Waals surface area (Å²) in [5.41, 5.74) is 1.75. The van der Waals surface area contributed by atoms with Crippen LogP contribution in [0.4, 0.5) is 4.39 Å². The van der Waals surface area contributed by atoms with Crippen molar-refractivity contribution in [1.82, 2.24) is 9.71 Å². The quantitative estimate of drug-likeness (QED) is 0.726. The summed E-state index contributed by atoms with van der Waals surface area (Å²) < 4.78 is 46.3. The van der Waals surface area contributed by atoms with Crippen LogP contribution in [0.1, 0.15) is 5.56 Å². The Morgan fingerprint density at radius 2 is 1.96 bits per heavy atom. The van der Waals surface area contributed by atoms with E-state index in [4.69, 9.17) is 4.74 Å². The van der Waals surface area contributed by atoms with Gasteiger partial charge in [-0.15, -0.1) is 11.3 Å². The van der Waals surface area contributed by atoms with Crippen LogP contribution < -0.4 is 9.46 Å². The molecule has 8 heteroatoms. The normalized spacial score (nSPS) is 16.3. The summed E-state index contributed by atoms with van der Waals surface area (Å²) >= 11 is 1.20. The molecular formula is C18H15FN2O3S2. The number of rotatable bonds is 5. The van der Waals surface area contributed by atoms with E-state index in [1.165, 1.54) is 28.8 Å². The zero-order valence-corrected chi connectivity index (χ0v) is 15.2. The van der Waals surface area contributed by atoms with E-state index < -0.39 is 10.0 Å². The predicted octanol–water partition coefficient (Wildman–Crippen LogP) is 3.23. The van der Waals surface area contributed by atoms with E-state index in [2.05, 4.69) is 9.71 Å². The van der Waals surface area contributed by atoms with Gasteiger partial charge in [-0.1, -0.05) is 18.2 Å². The first kappa shape index (κ1) is 17.1. The third-order valence-electron chi connectivity index (χ3n) is 4.06. The van der Waals surface area contributed by atoms with Gasteiger partial charge in [0.15, 0.2) is 5.03 Å². The van der Waals surface area contributed by atoms with Gasteiger partial charge in [-0.3, -0.25) is 0 Å². The van der Waals surface area contributed by atoms with Crippen LogP contribution in [-0.2, 0) is 16.4 Å². The van der Waals surface area contributed by atoms with Crippen LogP contribution in [0.25, 0.3) is 10.6 Å². The molecule has 1 N–H and O–H groups in total. The molecule has 1 atom stereocenters. The highest BCUT2D eigenvalue weighted by Crippen LogP contribution is 2.28. The molecule has 1 aromatic heterocycles. The van der Waals surface area contributed by atoms with Gasteiger partial charge in [-0.2, -0.15) is 0 Å². The number of thiazole rings is 1. The van der Waals surface area contributed by atoms with E-state index in [0.717, 1.165) is 11.3 Å². The summed E-state index contributed by atoms with van der Waals surface area (Å²) in [5.74, 6) is 0.446. The molecular weight excluding hydrogens is 375 g/mol. The monoisotopic (exact) mass is 390 g/mol. The number of nitrogens with zero attached hydrogens (tertiary/aromatic N) is 1. The highest BCUT2D eigenvalue weighted by Gasteiger charge is 2.25. The zero-order valence-electron chi connectivity index (χ0n) is 13.6. The maximum absolute atomic E-state index is 13.0. The first-order chi connectivity index (χ1) is 12.5. The molecule has 0 aliphatic carbocycles. The minimum atomic E-state index is -3.74. The second-order valence-electron chi connectivity index (χ2n) is 5.90. The number of hydrogen-bond acceptors (Lipinski definition) is 5. The summed E-state index contributed by atoms with van der Waals surface area (Å²) in [4.78, 5) is 4.17. The molecule has 5 nitrogen and oxygen atoms in total. The van der Waals surface area contributed by atoms with Gasteiger partial charge in [0.05, 0.1) is 0 Å². The molecule has 1 aliphatic heterocycles. The summed E-state index contributed by atoms with van der Waals surface area (Å²) in [7, 11) is -3.74. The standard InChI is InChI=1S/C18H15FN2O3S2/c19-14-7-5-12(6-8-14)18-21-17(11-25-18)26(22,23)20-10-15-9-13-3-1-2-4-16(13)24-15/h1-8,11,15,20H,9-10H2/t15-/m0/s1. The molecule has 0 unspecified atom stereocenters. The number of benzene rings is 2. The number of fused-ring (bicyclic) bond motifs is 1. The van der Waals surface area contributed by atoms with Crippen molar-refractivity contribution in [2.24, 2.45) is 0 Å². The molecule has 0 radical (unpaired) electrons. The topological polar surface area (TPSA) is 68.3 Å². The first-order valence-corrected chi connectivity index (χ1v) is 10.3. The SMILES string of the molecule is O=S(=O)(NC[C@@H]1Cc2ccccc2O1)c1csc(-c2ccc(F)cc2)n1. The molecule has 26 heavy (non-hydrogen) atoms. The Morgan fingerprint density at radius 1 is 1.19 bits per heavy atom. The van der Waals surface area contributed by atoms with Crippen molar-refractivity contribution in [3.8, 4) is 16.3 Å². The number of ether oxygens (including phenoxy) is 1. The lowest BCUT2D eigenvalue weighted by Gasteiger charge is -2.11. The van der Waals surface area contributed by atoms with Crippen molar-refractivity contribution in [3.63, 3.8) is 0 Å². The molecule has 0 bridgehead atoms. The fraction of sp³-hybridized carbons (Fsp3) is 0.167. The van der Waals surface area contributed by atoms with E-state index in [1.54, 1.807) is 12.1 Å². The van der Waals surface area contributed by atoms with Crippen LogP contribution in [0.5, 0.6) is 5.75 Å². The number of hydrogen-bond donors (Lipinski definition) is 1. The number of aromatic nitrogens is 1. The zero-order chi connectivity index (χ0) is 18.1. The van der Waals surface area contributed by atoms with E-state index in [9.17, 15) is 12.8 Å². The van der Waals surface area contributed by atoms with Gasteiger partial charge in [0, 0.05) is 23.9 Å². The van der Waals surface area contributed by atoms with Gasteiger partial charge in [-0.05, 0) is 35.9 Å². The maximum Gasteiger partial charge on any atom is 0.259 e. The molecule has 0 saturated carbocycles. The number of sulfonamides is 1. The Labute approximate surface area is 154 Å². The highest BCUT2D eigenvalue weighted by molar-refractivity contribution is 7.89. The highest BCUT2D eigenvalue weighted by atomic mass is 32.2. The fourth-order valence-corrected chi connectivity index (χ4v) is 4.91. The Morgan fingerprint density at radius 3 is 2.73 bits per heavy atom. The lowest BCUT2D eigenvalue weighted by atomic mass is 10.1. The summed E-state index contributed by atoms with van der Waals surface area (Å²) in [6, 6.07) is 13.4. The van der Waals surface area contributed by atoms with Crippen LogP contribution in [-0.4, -0.2) is 26.1 Å². The molecule has 3 aromatic rings. The molecule has 2 heterocycles. The molecule has 1 aliphatic rings. The second-order valence-corrected chi connectivity index (χ2v) is 8.47. The molecule has 0 amide bonds. The maximum atomic E-state index is 13.0. The Balaban J connectivity index is 1.44. The van der Waals surface area contributed by atoms with Crippen LogP contribution in [0.15, 0.2) is 58.9 Å². The van der Waals surface area contributed by atoms with Crippen LogP contribution in [0.3, 0.4) is 0 Å². The largest absolute Gasteiger partial charge is 0.488 e. The van der Waals surface area contributed by atoms with E-state index in [1.807, 2.05) is 24.3 Å². The van der Waals surface area contributed by atoms with E-state index >= 15 is 0 Å². The van der Waals surface area contributed by atoms with Crippen molar-refractivity contribution in [3.05, 3.63) is 65.3 Å². The van der Waals surface area contributed by atoms with E-state index in [0.29, 0.717) is 17.0 Å². The van der Waals surface area contributed by atoms with Crippen molar-refractivity contribution in [2.75, 3.05) is 6.54 Å². The number of para-hydroxylation sites is 1. The van der Waals surface area contributed by atoms with Crippen LogP contribution >= 0.6 is 11.3 Å². The lowest BCUT2D eigenvalue weighted by Crippen LogP contribution is -2.34. The van der Waals surface area contributed by atoms with Gasteiger partial charge in [0.1, 0.15) is 22.7 Å². The van der Waals surface area contributed by atoms with Gasteiger partial charge in [-0.25, -0.2) is 22.5 Å². The van der Waals surface area contributed by atoms with Gasteiger partial charge in [0.25, 0.3) is 10.0 Å². The van der Waals surface area contributed by atoms with E-state index in [-0.39, 0.29) is 23.5 Å². The molecule has 4 rings (SSSR count). The molecule has 0 saturated heterocycles. The number of nitrogens with one attached hydrogen (secondary N) is 1. The third-order valence-corrected chi connectivity index (χ3v) is 6.41. The Hall–Kier alpha value is -2.29. The minimum Gasteiger partial charge on any atom is -0.488 e. The molecule has 2 aromatic carbocycles. The Bertz CT molecular complexity index is 1010. The van der Waals surface area contributed by atoms with Crippen molar-refractivity contribution < 1.29 is 17.5 Å². The van der Waals surface area contributed by atoms with Crippen LogP contribution in [0, 0.1) is 5.82 Å². The van der Waals surface area contributed by atoms with Gasteiger partial charge >= 0.3 is 0 Å². The molecule has 134 valence electrons. The Kier molecular flexibility index (Phi) is 4.47. The smallest absolute Gasteiger partial charge is 0.259 e.